The molecule has 0 bridgehead atoms. The Hall–Kier alpha value is -1.32. The van der Waals surface area contributed by atoms with Crippen molar-refractivity contribution >= 4 is 11.9 Å². The molecule has 1 unspecified atom stereocenters. The fourth-order valence-electron chi connectivity index (χ4n) is 5.71. The number of carboxylic acids is 1. The van der Waals surface area contributed by atoms with Crippen LogP contribution in [0, 0.1) is 0 Å². The lowest BCUT2D eigenvalue weighted by molar-refractivity contribution is -0.150. The predicted octanol–water partition coefficient (Wildman–Crippen LogP) is 12.7. The van der Waals surface area contributed by atoms with Gasteiger partial charge in [0, 0.05) is 12.8 Å². The molecule has 0 aromatic heterocycles. The third kappa shape index (κ3) is 33.2. The minimum atomic E-state index is -0.692. The molecule has 0 heterocycles. The standard InChI is InChI=1S/C38H72O4/c1-3-5-7-9-11-13-14-15-16-17-18-19-21-27-31-35-38(41)42-36(32-28-24-20-12-10-8-6-4-2)33-29-25-22-23-26-30-34-37(39)40/h15-16,36H,3-14,17-35H2,1-2H3,(H,39,40)/b16-15-. The molecule has 0 amide bonds. The minimum Gasteiger partial charge on any atom is -0.481 e. The van der Waals surface area contributed by atoms with Crippen LogP contribution in [-0.4, -0.2) is 23.1 Å². The second kappa shape index (κ2) is 34.2. The zero-order valence-electron chi connectivity index (χ0n) is 28.3. The molecule has 0 saturated heterocycles. The molecule has 0 fully saturated rings. The number of ether oxygens (including phenoxy) is 1. The maximum atomic E-state index is 12.6. The molecule has 0 aromatic carbocycles. The molecule has 0 aliphatic heterocycles. The van der Waals surface area contributed by atoms with Gasteiger partial charge in [-0.2, -0.15) is 0 Å². The second-order valence-electron chi connectivity index (χ2n) is 12.8. The first kappa shape index (κ1) is 40.7. The largest absolute Gasteiger partial charge is 0.481 e. The van der Waals surface area contributed by atoms with Crippen molar-refractivity contribution in [3.05, 3.63) is 12.2 Å². The van der Waals surface area contributed by atoms with E-state index in [9.17, 15) is 9.59 Å². The lowest BCUT2D eigenvalue weighted by Crippen LogP contribution is -2.18. The summed E-state index contributed by atoms with van der Waals surface area (Å²) >= 11 is 0. The fourth-order valence-corrected chi connectivity index (χ4v) is 5.71. The van der Waals surface area contributed by atoms with Gasteiger partial charge in [-0.15, -0.1) is 0 Å². The topological polar surface area (TPSA) is 63.6 Å². The van der Waals surface area contributed by atoms with Crippen LogP contribution in [0.1, 0.15) is 213 Å². The zero-order chi connectivity index (χ0) is 30.8. The van der Waals surface area contributed by atoms with Gasteiger partial charge < -0.3 is 9.84 Å². The number of carbonyl (C=O) groups excluding carboxylic acids is 1. The van der Waals surface area contributed by atoms with Gasteiger partial charge in [0.05, 0.1) is 0 Å². The van der Waals surface area contributed by atoms with Crippen molar-refractivity contribution in [2.24, 2.45) is 0 Å². The van der Waals surface area contributed by atoms with E-state index in [1.165, 1.54) is 116 Å². The molecule has 0 radical (unpaired) electrons. The van der Waals surface area contributed by atoms with Crippen LogP contribution in [0.4, 0.5) is 0 Å². The summed E-state index contributed by atoms with van der Waals surface area (Å²) in [5, 5.41) is 8.76. The van der Waals surface area contributed by atoms with E-state index in [1.807, 2.05) is 0 Å². The van der Waals surface area contributed by atoms with Crippen LogP contribution in [0.5, 0.6) is 0 Å². The molecule has 42 heavy (non-hydrogen) atoms. The number of carbonyl (C=O) groups is 2. The molecule has 1 atom stereocenters. The molecular formula is C38H72O4. The molecule has 1 N–H and O–H groups in total. The lowest BCUT2D eigenvalue weighted by Gasteiger charge is -2.18. The van der Waals surface area contributed by atoms with Crippen molar-refractivity contribution in [1.82, 2.24) is 0 Å². The van der Waals surface area contributed by atoms with E-state index in [2.05, 4.69) is 26.0 Å². The summed E-state index contributed by atoms with van der Waals surface area (Å²) in [7, 11) is 0. The Morgan fingerprint density at radius 1 is 0.500 bits per heavy atom. The summed E-state index contributed by atoms with van der Waals surface area (Å²) in [6.45, 7) is 4.53. The van der Waals surface area contributed by atoms with Crippen LogP contribution < -0.4 is 0 Å². The normalized spacial score (nSPS) is 12.2. The molecule has 0 aromatic rings. The first-order valence-electron chi connectivity index (χ1n) is 18.7. The van der Waals surface area contributed by atoms with E-state index >= 15 is 0 Å². The number of aliphatic carboxylic acids is 1. The molecule has 4 nitrogen and oxygen atoms in total. The summed E-state index contributed by atoms with van der Waals surface area (Å²) in [4.78, 5) is 23.2. The van der Waals surface area contributed by atoms with Crippen molar-refractivity contribution in [2.45, 2.75) is 219 Å². The number of hydrogen-bond donors (Lipinski definition) is 1. The molecular weight excluding hydrogens is 520 g/mol. The van der Waals surface area contributed by atoms with Crippen molar-refractivity contribution in [1.29, 1.82) is 0 Å². The van der Waals surface area contributed by atoms with Crippen LogP contribution in [0.15, 0.2) is 12.2 Å². The monoisotopic (exact) mass is 593 g/mol. The van der Waals surface area contributed by atoms with E-state index in [4.69, 9.17) is 9.84 Å². The van der Waals surface area contributed by atoms with Gasteiger partial charge in [-0.05, 0) is 64.2 Å². The number of carboxylic acid groups (broad SMARTS) is 1. The number of hydrogen-bond acceptors (Lipinski definition) is 3. The van der Waals surface area contributed by atoms with Crippen LogP contribution >= 0.6 is 0 Å². The number of unbranched alkanes of at least 4 members (excludes halogenated alkanes) is 23. The molecule has 0 aliphatic carbocycles. The average Bonchev–Trinajstić information content (AvgIpc) is 2.97. The maximum absolute atomic E-state index is 12.6. The third-order valence-corrected chi connectivity index (χ3v) is 8.49. The molecule has 248 valence electrons. The second-order valence-corrected chi connectivity index (χ2v) is 12.8. The Balaban J connectivity index is 3.99. The van der Waals surface area contributed by atoms with Gasteiger partial charge >= 0.3 is 11.9 Å². The van der Waals surface area contributed by atoms with Gasteiger partial charge in [-0.25, -0.2) is 0 Å². The lowest BCUT2D eigenvalue weighted by atomic mass is 10.0. The summed E-state index contributed by atoms with van der Waals surface area (Å²) in [6, 6.07) is 0. The highest BCUT2D eigenvalue weighted by Crippen LogP contribution is 2.19. The summed E-state index contributed by atoms with van der Waals surface area (Å²) in [5.41, 5.74) is 0. The minimum absolute atomic E-state index is 0.00543. The predicted molar refractivity (Wildman–Crippen MR) is 181 cm³/mol. The Bertz CT molecular complexity index is 600. The van der Waals surface area contributed by atoms with Gasteiger partial charge in [0.25, 0.3) is 0 Å². The molecule has 0 aliphatic rings. The molecule has 0 rings (SSSR count). The fraction of sp³-hybridized carbons (Fsp3) is 0.895. The third-order valence-electron chi connectivity index (χ3n) is 8.49. The zero-order valence-corrected chi connectivity index (χ0v) is 28.3. The van der Waals surface area contributed by atoms with E-state index in [-0.39, 0.29) is 18.5 Å². The Morgan fingerprint density at radius 3 is 1.29 bits per heavy atom. The van der Waals surface area contributed by atoms with Crippen molar-refractivity contribution < 1.29 is 19.4 Å². The quantitative estimate of drug-likeness (QED) is 0.0458. The van der Waals surface area contributed by atoms with Crippen LogP contribution in [0.25, 0.3) is 0 Å². The van der Waals surface area contributed by atoms with Gasteiger partial charge in [-0.3, -0.25) is 9.59 Å². The Morgan fingerprint density at radius 2 is 0.857 bits per heavy atom. The average molecular weight is 593 g/mol. The van der Waals surface area contributed by atoms with E-state index in [1.54, 1.807) is 0 Å². The van der Waals surface area contributed by atoms with Crippen molar-refractivity contribution in [2.75, 3.05) is 0 Å². The van der Waals surface area contributed by atoms with Gasteiger partial charge in [0.2, 0.25) is 0 Å². The molecule has 0 saturated carbocycles. The SMILES string of the molecule is CCCCCCCC/C=C\CCCCCCCC(=O)OC(CCCCCCCCCC)CCCCCCCCC(=O)O. The van der Waals surface area contributed by atoms with Crippen LogP contribution in [-0.2, 0) is 14.3 Å². The van der Waals surface area contributed by atoms with Crippen molar-refractivity contribution in [3.63, 3.8) is 0 Å². The van der Waals surface area contributed by atoms with Gasteiger partial charge in [0.1, 0.15) is 6.10 Å². The van der Waals surface area contributed by atoms with E-state index < -0.39 is 5.97 Å². The van der Waals surface area contributed by atoms with Gasteiger partial charge in [-0.1, -0.05) is 148 Å². The Labute approximate surface area is 262 Å². The molecule has 0 spiro atoms. The number of esters is 1. The van der Waals surface area contributed by atoms with E-state index in [0.29, 0.717) is 6.42 Å². The maximum Gasteiger partial charge on any atom is 0.306 e. The Kier molecular flexibility index (Phi) is 33.1. The van der Waals surface area contributed by atoms with Gasteiger partial charge in [0.15, 0.2) is 0 Å². The number of rotatable bonds is 34. The summed E-state index contributed by atoms with van der Waals surface area (Å²) in [5.74, 6) is -0.687. The van der Waals surface area contributed by atoms with Crippen molar-refractivity contribution in [3.8, 4) is 0 Å². The first-order valence-corrected chi connectivity index (χ1v) is 18.7. The highest BCUT2D eigenvalue weighted by atomic mass is 16.5. The first-order chi connectivity index (χ1) is 20.6. The summed E-state index contributed by atoms with van der Waals surface area (Å²) in [6.07, 6.45) is 40.8. The number of allylic oxidation sites excluding steroid dienone is 2. The summed E-state index contributed by atoms with van der Waals surface area (Å²) < 4.78 is 5.99. The molecule has 4 heteroatoms. The highest BCUT2D eigenvalue weighted by molar-refractivity contribution is 5.69. The highest BCUT2D eigenvalue weighted by Gasteiger charge is 2.14. The van der Waals surface area contributed by atoms with Crippen LogP contribution in [0.2, 0.25) is 0 Å². The smallest absolute Gasteiger partial charge is 0.306 e. The van der Waals surface area contributed by atoms with E-state index in [0.717, 1.165) is 70.6 Å². The van der Waals surface area contributed by atoms with Crippen LogP contribution in [0.3, 0.4) is 0 Å².